The summed E-state index contributed by atoms with van der Waals surface area (Å²) in [6.45, 7) is 0. The second-order valence-electron chi connectivity index (χ2n) is 4.67. The van der Waals surface area contributed by atoms with Gasteiger partial charge in [-0.1, -0.05) is 29.3 Å². The van der Waals surface area contributed by atoms with E-state index >= 15 is 0 Å². The van der Waals surface area contributed by atoms with Crippen molar-refractivity contribution in [2.75, 3.05) is 0 Å². The number of hydrogen-bond donors (Lipinski definition) is 0. The van der Waals surface area contributed by atoms with Crippen LogP contribution in [0.15, 0.2) is 87.5 Å². The lowest BCUT2D eigenvalue weighted by Gasteiger charge is -2.08. The minimum Gasteiger partial charge on any atom is -0.207 e. The highest BCUT2D eigenvalue weighted by Crippen LogP contribution is 2.32. The van der Waals surface area contributed by atoms with Crippen molar-refractivity contribution in [1.29, 1.82) is 0 Å². The monoisotopic (exact) mass is 349 g/mol. The van der Waals surface area contributed by atoms with Gasteiger partial charge in [0, 0.05) is 16.1 Å². The van der Waals surface area contributed by atoms with Gasteiger partial charge in [-0.2, -0.15) is 0 Å². The standard InChI is InChI=1S/C18H12Cl2FS/c19-13-4-8-16(9-5-13)22(17-10-6-14(20)7-11-17)18-3-1-2-15(21)12-18/h1-12H/q+1. The minimum absolute atomic E-state index is 0.238. The van der Waals surface area contributed by atoms with Gasteiger partial charge in [-0.25, -0.2) is 4.39 Å². The van der Waals surface area contributed by atoms with Gasteiger partial charge in [0.05, 0.1) is 10.9 Å². The number of benzene rings is 3. The maximum atomic E-state index is 13.6. The topological polar surface area (TPSA) is 0 Å². The Kier molecular flexibility index (Phi) is 4.72. The van der Waals surface area contributed by atoms with Crippen LogP contribution in [0.1, 0.15) is 0 Å². The maximum absolute atomic E-state index is 13.6. The molecule has 3 rings (SSSR count). The molecule has 3 aromatic carbocycles. The molecule has 0 aliphatic heterocycles. The Morgan fingerprint density at radius 2 is 1.14 bits per heavy atom. The molecule has 0 bridgehead atoms. The molecular weight excluding hydrogens is 338 g/mol. The second-order valence-corrected chi connectivity index (χ2v) is 7.57. The van der Waals surface area contributed by atoms with Gasteiger partial charge in [0.1, 0.15) is 5.82 Å². The number of hydrogen-bond acceptors (Lipinski definition) is 0. The first-order chi connectivity index (χ1) is 10.6. The van der Waals surface area contributed by atoms with Crippen LogP contribution in [-0.4, -0.2) is 0 Å². The average Bonchev–Trinajstić information content (AvgIpc) is 2.51. The summed E-state index contributed by atoms with van der Waals surface area (Å²) in [5, 5.41) is 1.37. The Labute approximate surface area is 141 Å². The highest BCUT2D eigenvalue weighted by atomic mass is 35.5. The van der Waals surface area contributed by atoms with Crippen molar-refractivity contribution in [2.45, 2.75) is 14.7 Å². The van der Waals surface area contributed by atoms with Crippen molar-refractivity contribution in [3.05, 3.63) is 88.7 Å². The molecule has 0 nitrogen and oxygen atoms in total. The smallest absolute Gasteiger partial charge is 0.169 e. The van der Waals surface area contributed by atoms with E-state index in [0.29, 0.717) is 10.0 Å². The van der Waals surface area contributed by atoms with E-state index in [1.54, 1.807) is 12.1 Å². The predicted octanol–water partition coefficient (Wildman–Crippen LogP) is 6.23. The van der Waals surface area contributed by atoms with Gasteiger partial charge in [0.25, 0.3) is 0 Å². The van der Waals surface area contributed by atoms with Crippen LogP contribution in [0.2, 0.25) is 10.0 Å². The molecule has 0 fully saturated rings. The predicted molar refractivity (Wildman–Crippen MR) is 91.5 cm³/mol. The molecule has 0 atom stereocenters. The fourth-order valence-electron chi connectivity index (χ4n) is 2.14. The van der Waals surface area contributed by atoms with Gasteiger partial charge >= 0.3 is 0 Å². The van der Waals surface area contributed by atoms with E-state index < -0.39 is 10.9 Å². The van der Waals surface area contributed by atoms with Gasteiger partial charge < -0.3 is 0 Å². The second kappa shape index (κ2) is 6.74. The first-order valence-corrected chi connectivity index (χ1v) is 8.62. The summed E-state index contributed by atoms with van der Waals surface area (Å²) in [5.74, 6) is -0.238. The zero-order valence-corrected chi connectivity index (χ0v) is 13.8. The van der Waals surface area contributed by atoms with Gasteiger partial charge in [-0.3, -0.25) is 0 Å². The normalized spacial score (nSPS) is 10.9. The van der Waals surface area contributed by atoms with Crippen molar-refractivity contribution in [1.82, 2.24) is 0 Å². The highest BCUT2D eigenvalue weighted by Gasteiger charge is 2.28. The summed E-state index contributed by atoms with van der Waals surface area (Å²) in [7, 11) is -0.399. The zero-order chi connectivity index (χ0) is 15.5. The molecule has 0 heterocycles. The lowest BCUT2D eigenvalue weighted by atomic mass is 10.3. The van der Waals surface area contributed by atoms with E-state index in [4.69, 9.17) is 23.2 Å². The maximum Gasteiger partial charge on any atom is 0.169 e. The molecule has 0 saturated heterocycles. The molecule has 22 heavy (non-hydrogen) atoms. The van der Waals surface area contributed by atoms with Crippen LogP contribution in [0.3, 0.4) is 0 Å². The summed E-state index contributed by atoms with van der Waals surface area (Å²) in [5.41, 5.74) is 0. The lowest BCUT2D eigenvalue weighted by molar-refractivity contribution is 0.624. The minimum atomic E-state index is -0.399. The SMILES string of the molecule is Fc1cccc([S+](c2ccc(Cl)cc2)c2ccc(Cl)cc2)c1. The largest absolute Gasteiger partial charge is 0.207 e. The summed E-state index contributed by atoms with van der Waals surface area (Å²) in [6.07, 6.45) is 0. The van der Waals surface area contributed by atoms with Gasteiger partial charge in [0.15, 0.2) is 14.7 Å². The van der Waals surface area contributed by atoms with E-state index in [1.165, 1.54) is 6.07 Å². The molecule has 0 unspecified atom stereocenters. The summed E-state index contributed by atoms with van der Waals surface area (Å²) in [6, 6.07) is 22.0. The van der Waals surface area contributed by atoms with Crippen LogP contribution in [0, 0.1) is 5.82 Å². The van der Waals surface area contributed by atoms with E-state index in [0.717, 1.165) is 14.7 Å². The molecule has 3 aromatic rings. The first kappa shape index (κ1) is 15.4. The van der Waals surface area contributed by atoms with Crippen molar-refractivity contribution < 1.29 is 4.39 Å². The highest BCUT2D eigenvalue weighted by molar-refractivity contribution is 7.97. The van der Waals surface area contributed by atoms with Crippen LogP contribution in [-0.2, 0) is 10.9 Å². The molecule has 4 heteroatoms. The molecule has 0 spiro atoms. The molecule has 0 saturated carbocycles. The summed E-state index contributed by atoms with van der Waals surface area (Å²) < 4.78 is 13.6. The molecule has 0 aliphatic carbocycles. The van der Waals surface area contributed by atoms with Crippen molar-refractivity contribution in [3.8, 4) is 0 Å². The Bertz CT molecular complexity index is 724. The van der Waals surface area contributed by atoms with E-state index in [2.05, 4.69) is 0 Å². The third-order valence-electron chi connectivity index (χ3n) is 3.13. The Morgan fingerprint density at radius 1 is 0.636 bits per heavy atom. The summed E-state index contributed by atoms with van der Waals surface area (Å²) in [4.78, 5) is 3.08. The average molecular weight is 350 g/mol. The molecular formula is C18H12Cl2FS+. The quantitative estimate of drug-likeness (QED) is 0.491. The van der Waals surface area contributed by atoms with E-state index in [9.17, 15) is 4.39 Å². The lowest BCUT2D eigenvalue weighted by Crippen LogP contribution is -2.05. The van der Waals surface area contributed by atoms with Crippen LogP contribution < -0.4 is 0 Å². The molecule has 0 radical (unpaired) electrons. The zero-order valence-electron chi connectivity index (χ0n) is 11.5. The fraction of sp³-hybridized carbons (Fsp3) is 0. The Balaban J connectivity index is 2.13. The Morgan fingerprint density at radius 3 is 1.59 bits per heavy atom. The van der Waals surface area contributed by atoms with Crippen molar-refractivity contribution in [3.63, 3.8) is 0 Å². The molecule has 0 aromatic heterocycles. The Hall–Kier alpha value is -1.48. The number of halogens is 3. The van der Waals surface area contributed by atoms with E-state index in [-0.39, 0.29) is 5.82 Å². The molecule has 0 aliphatic rings. The summed E-state index contributed by atoms with van der Waals surface area (Å²) >= 11 is 12.0. The fourth-order valence-corrected chi connectivity index (χ4v) is 4.47. The van der Waals surface area contributed by atoms with Gasteiger partial charge in [-0.15, -0.1) is 0 Å². The third kappa shape index (κ3) is 3.46. The third-order valence-corrected chi connectivity index (χ3v) is 5.85. The van der Waals surface area contributed by atoms with Crippen LogP contribution >= 0.6 is 23.2 Å². The first-order valence-electron chi connectivity index (χ1n) is 6.64. The molecule has 110 valence electrons. The van der Waals surface area contributed by atoms with Crippen LogP contribution in [0.5, 0.6) is 0 Å². The van der Waals surface area contributed by atoms with E-state index in [1.807, 2.05) is 54.6 Å². The molecule has 0 amide bonds. The van der Waals surface area contributed by atoms with Gasteiger partial charge in [-0.05, 0) is 60.7 Å². The van der Waals surface area contributed by atoms with Crippen molar-refractivity contribution in [2.24, 2.45) is 0 Å². The van der Waals surface area contributed by atoms with Crippen LogP contribution in [0.25, 0.3) is 0 Å². The van der Waals surface area contributed by atoms with Crippen molar-refractivity contribution >= 4 is 34.1 Å². The van der Waals surface area contributed by atoms with Crippen LogP contribution in [0.4, 0.5) is 4.39 Å². The number of rotatable bonds is 3. The molecule has 0 N–H and O–H groups in total. The van der Waals surface area contributed by atoms with Gasteiger partial charge in [0.2, 0.25) is 0 Å².